The summed E-state index contributed by atoms with van der Waals surface area (Å²) in [6.45, 7) is 8.31. The molecule has 0 unspecified atom stereocenters. The molecule has 0 aliphatic carbocycles. The molecule has 4 nitrogen and oxygen atoms in total. The van der Waals surface area contributed by atoms with Crippen LogP contribution in [0.4, 0.5) is 0 Å². The SMILES string of the molecule is CC1(C)OB(c2ccc3c(c2)oc2cccc(-c4ccccc4-n4c5ccccc5c5ccccc54)c23)OC1(C)C. The first-order valence-electron chi connectivity index (χ1n) is 14.2. The second-order valence-electron chi connectivity index (χ2n) is 12.0. The Balaban J connectivity index is 1.33. The summed E-state index contributed by atoms with van der Waals surface area (Å²) in [5, 5.41) is 4.68. The van der Waals surface area contributed by atoms with Gasteiger partial charge in [-0.3, -0.25) is 0 Å². The van der Waals surface area contributed by atoms with Gasteiger partial charge in [-0.15, -0.1) is 0 Å². The molecule has 1 aliphatic heterocycles. The van der Waals surface area contributed by atoms with Crippen LogP contribution in [0.2, 0.25) is 0 Å². The molecule has 0 N–H and O–H groups in total. The Morgan fingerprint density at radius 2 is 1.17 bits per heavy atom. The number of hydrogen-bond acceptors (Lipinski definition) is 3. The number of nitrogens with zero attached hydrogens (tertiary/aromatic N) is 1. The highest BCUT2D eigenvalue weighted by molar-refractivity contribution is 6.62. The van der Waals surface area contributed by atoms with E-state index in [1.807, 2.05) is 0 Å². The molecule has 0 saturated carbocycles. The highest BCUT2D eigenvalue weighted by Crippen LogP contribution is 2.42. The summed E-state index contributed by atoms with van der Waals surface area (Å²) in [6, 6.07) is 38.6. The first-order valence-corrected chi connectivity index (χ1v) is 14.2. The van der Waals surface area contributed by atoms with E-state index >= 15 is 0 Å². The Morgan fingerprint density at radius 3 is 1.88 bits per heavy atom. The van der Waals surface area contributed by atoms with E-state index in [0.717, 1.165) is 44.2 Å². The van der Waals surface area contributed by atoms with Gasteiger partial charge < -0.3 is 18.3 Å². The molecule has 5 aromatic carbocycles. The van der Waals surface area contributed by atoms with Crippen molar-refractivity contribution in [2.45, 2.75) is 38.9 Å². The molecule has 200 valence electrons. The molecule has 5 heteroatoms. The second-order valence-corrected chi connectivity index (χ2v) is 12.0. The van der Waals surface area contributed by atoms with Crippen LogP contribution in [0, 0.1) is 0 Å². The van der Waals surface area contributed by atoms with Crippen LogP contribution in [0.1, 0.15) is 27.7 Å². The summed E-state index contributed by atoms with van der Waals surface area (Å²) in [5.74, 6) is 0. The maximum absolute atomic E-state index is 6.47. The molecule has 0 radical (unpaired) electrons. The van der Waals surface area contributed by atoms with E-state index in [4.69, 9.17) is 13.7 Å². The Labute approximate surface area is 239 Å². The Hall–Kier alpha value is -4.32. The molecule has 1 fully saturated rings. The average molecular weight is 535 g/mol. The van der Waals surface area contributed by atoms with Gasteiger partial charge in [-0.05, 0) is 69.1 Å². The molecule has 8 rings (SSSR count). The van der Waals surface area contributed by atoms with Gasteiger partial charge >= 0.3 is 7.12 Å². The molecule has 0 atom stereocenters. The van der Waals surface area contributed by atoms with Gasteiger partial charge in [0.25, 0.3) is 0 Å². The van der Waals surface area contributed by atoms with Crippen molar-refractivity contribution in [2.24, 2.45) is 0 Å². The maximum Gasteiger partial charge on any atom is 0.494 e. The molecular weight excluding hydrogens is 505 g/mol. The van der Waals surface area contributed by atoms with Crippen LogP contribution in [0.15, 0.2) is 114 Å². The van der Waals surface area contributed by atoms with E-state index in [-0.39, 0.29) is 0 Å². The van der Waals surface area contributed by atoms with Crippen LogP contribution in [-0.4, -0.2) is 22.9 Å². The van der Waals surface area contributed by atoms with E-state index in [1.54, 1.807) is 0 Å². The van der Waals surface area contributed by atoms with E-state index in [2.05, 4.69) is 141 Å². The third-order valence-corrected chi connectivity index (χ3v) is 9.06. The van der Waals surface area contributed by atoms with Gasteiger partial charge in [-0.1, -0.05) is 78.9 Å². The molecule has 41 heavy (non-hydrogen) atoms. The van der Waals surface area contributed by atoms with Crippen molar-refractivity contribution < 1.29 is 13.7 Å². The minimum Gasteiger partial charge on any atom is -0.456 e. The van der Waals surface area contributed by atoms with Crippen molar-refractivity contribution in [3.8, 4) is 16.8 Å². The van der Waals surface area contributed by atoms with Gasteiger partial charge in [-0.25, -0.2) is 0 Å². The fourth-order valence-electron chi connectivity index (χ4n) is 6.27. The molecule has 0 spiro atoms. The zero-order valence-electron chi connectivity index (χ0n) is 23.6. The predicted octanol–water partition coefficient (Wildman–Crippen LogP) is 8.65. The van der Waals surface area contributed by atoms with Gasteiger partial charge in [0.05, 0.1) is 27.9 Å². The number of fused-ring (bicyclic) bond motifs is 6. The third kappa shape index (κ3) is 3.56. The van der Waals surface area contributed by atoms with Crippen molar-refractivity contribution in [3.05, 3.63) is 109 Å². The number of benzene rings is 5. The van der Waals surface area contributed by atoms with Crippen molar-refractivity contribution in [1.29, 1.82) is 0 Å². The van der Waals surface area contributed by atoms with Crippen molar-refractivity contribution >= 4 is 56.3 Å². The lowest BCUT2D eigenvalue weighted by molar-refractivity contribution is 0.00578. The lowest BCUT2D eigenvalue weighted by Gasteiger charge is -2.32. The average Bonchev–Trinajstić information content (AvgIpc) is 3.59. The van der Waals surface area contributed by atoms with Gasteiger partial charge in [0.15, 0.2) is 0 Å². The number of aromatic nitrogens is 1. The fraction of sp³-hybridized carbons (Fsp3) is 0.167. The lowest BCUT2D eigenvalue weighted by Crippen LogP contribution is -2.41. The normalized spacial score (nSPS) is 16.4. The van der Waals surface area contributed by atoms with E-state index in [9.17, 15) is 0 Å². The summed E-state index contributed by atoms with van der Waals surface area (Å²) < 4.78 is 21.5. The lowest BCUT2D eigenvalue weighted by atomic mass is 9.79. The Morgan fingerprint density at radius 1 is 0.561 bits per heavy atom. The maximum atomic E-state index is 6.47. The number of hydrogen-bond donors (Lipinski definition) is 0. The zero-order chi connectivity index (χ0) is 27.9. The summed E-state index contributed by atoms with van der Waals surface area (Å²) in [7, 11) is -0.437. The number of rotatable bonds is 3. The second kappa shape index (κ2) is 8.59. The van der Waals surface area contributed by atoms with E-state index in [0.29, 0.717) is 0 Å². The monoisotopic (exact) mass is 535 g/mol. The standard InChI is InChI=1S/C36H30BNO3/c1-35(2)36(3,4)41-37(40-35)23-20-21-28-33(22-23)39-32-19-11-15-27(34(28)32)26-14-7-10-18-31(26)38-29-16-8-5-12-24(29)25-13-6-9-17-30(25)38/h5-22H,1-4H3. The Bertz CT molecular complexity index is 2060. The Kier molecular flexibility index (Phi) is 5.13. The van der Waals surface area contributed by atoms with Gasteiger partial charge in [0, 0.05) is 27.1 Å². The quantitative estimate of drug-likeness (QED) is 0.213. The molecule has 7 aromatic rings. The first kappa shape index (κ1) is 24.5. The van der Waals surface area contributed by atoms with E-state index < -0.39 is 18.3 Å². The summed E-state index contributed by atoms with van der Waals surface area (Å²) >= 11 is 0. The van der Waals surface area contributed by atoms with Crippen LogP contribution in [0.25, 0.3) is 60.6 Å². The summed E-state index contributed by atoms with van der Waals surface area (Å²) in [6.07, 6.45) is 0. The van der Waals surface area contributed by atoms with Crippen LogP contribution in [0.3, 0.4) is 0 Å². The summed E-state index contributed by atoms with van der Waals surface area (Å²) in [5.41, 5.74) is 7.67. The van der Waals surface area contributed by atoms with Crippen LogP contribution < -0.4 is 5.46 Å². The zero-order valence-corrected chi connectivity index (χ0v) is 23.6. The largest absolute Gasteiger partial charge is 0.494 e. The van der Waals surface area contributed by atoms with Crippen molar-refractivity contribution in [1.82, 2.24) is 4.57 Å². The highest BCUT2D eigenvalue weighted by Gasteiger charge is 2.51. The van der Waals surface area contributed by atoms with Crippen LogP contribution in [0.5, 0.6) is 0 Å². The van der Waals surface area contributed by atoms with Crippen LogP contribution in [-0.2, 0) is 9.31 Å². The molecule has 2 aromatic heterocycles. The minimum absolute atomic E-state index is 0.399. The molecular formula is C36H30BNO3. The molecule has 0 bridgehead atoms. The van der Waals surface area contributed by atoms with Gasteiger partial charge in [-0.2, -0.15) is 0 Å². The smallest absolute Gasteiger partial charge is 0.456 e. The minimum atomic E-state index is -0.437. The molecule has 3 heterocycles. The third-order valence-electron chi connectivity index (χ3n) is 9.06. The van der Waals surface area contributed by atoms with E-state index in [1.165, 1.54) is 21.8 Å². The molecule has 0 amide bonds. The van der Waals surface area contributed by atoms with Gasteiger partial charge in [0.2, 0.25) is 0 Å². The first-order chi connectivity index (χ1) is 19.8. The fourth-order valence-corrected chi connectivity index (χ4v) is 6.27. The molecule has 1 aliphatic rings. The van der Waals surface area contributed by atoms with Gasteiger partial charge in [0.1, 0.15) is 11.2 Å². The van der Waals surface area contributed by atoms with Crippen LogP contribution >= 0.6 is 0 Å². The number of para-hydroxylation sites is 3. The number of furan rings is 1. The molecule has 1 saturated heterocycles. The predicted molar refractivity (Wildman–Crippen MR) is 169 cm³/mol. The van der Waals surface area contributed by atoms with Crippen molar-refractivity contribution in [2.75, 3.05) is 0 Å². The topological polar surface area (TPSA) is 36.5 Å². The summed E-state index contributed by atoms with van der Waals surface area (Å²) in [4.78, 5) is 0. The van der Waals surface area contributed by atoms with Crippen molar-refractivity contribution in [3.63, 3.8) is 0 Å². The highest BCUT2D eigenvalue weighted by atomic mass is 16.7.